The van der Waals surface area contributed by atoms with Gasteiger partial charge in [0.05, 0.1) is 6.61 Å². The Morgan fingerprint density at radius 2 is 2.38 bits per heavy atom. The van der Waals surface area contributed by atoms with Crippen molar-refractivity contribution in [3.8, 4) is 5.75 Å². The highest BCUT2D eigenvalue weighted by molar-refractivity contribution is 5.52. The van der Waals surface area contributed by atoms with Crippen LogP contribution < -0.4 is 15.8 Å². The van der Waals surface area contributed by atoms with Crippen molar-refractivity contribution in [2.24, 2.45) is 5.73 Å². The summed E-state index contributed by atoms with van der Waals surface area (Å²) in [7, 11) is 0. The van der Waals surface area contributed by atoms with Crippen molar-refractivity contribution in [3.05, 3.63) is 23.8 Å². The summed E-state index contributed by atoms with van der Waals surface area (Å²) in [4.78, 5) is 0. The third kappa shape index (κ3) is 1.75. The molecule has 0 unspecified atom stereocenters. The predicted octanol–water partition coefficient (Wildman–Crippen LogP) is 0.992. The summed E-state index contributed by atoms with van der Waals surface area (Å²) in [6.45, 7) is 2.29. The normalized spacial score (nSPS) is 13.6. The lowest BCUT2D eigenvalue weighted by molar-refractivity contribution is 0.357. The zero-order valence-electron chi connectivity index (χ0n) is 7.55. The predicted molar refractivity (Wildman–Crippen MR) is 53.2 cm³/mol. The Morgan fingerprint density at radius 3 is 3.23 bits per heavy atom. The Labute approximate surface area is 77.9 Å². The standard InChI is InChI=1S/C10H14N2O/c11-4-5-12-9-1-2-10-8(7-9)3-6-13-10/h1-2,7,12H,3-6,11H2. The van der Waals surface area contributed by atoms with Crippen LogP contribution in [-0.4, -0.2) is 19.7 Å². The summed E-state index contributed by atoms with van der Waals surface area (Å²) < 4.78 is 5.41. The zero-order chi connectivity index (χ0) is 9.10. The minimum absolute atomic E-state index is 0.660. The van der Waals surface area contributed by atoms with Crippen molar-refractivity contribution in [3.63, 3.8) is 0 Å². The molecule has 1 aromatic carbocycles. The summed E-state index contributed by atoms with van der Waals surface area (Å²) in [5.74, 6) is 1.03. The average Bonchev–Trinajstić information content (AvgIpc) is 2.61. The number of nitrogens with one attached hydrogen (secondary N) is 1. The number of fused-ring (bicyclic) bond motifs is 1. The Morgan fingerprint density at radius 1 is 1.46 bits per heavy atom. The molecule has 0 aromatic heterocycles. The monoisotopic (exact) mass is 178 g/mol. The van der Waals surface area contributed by atoms with Crippen molar-refractivity contribution < 1.29 is 4.74 Å². The van der Waals surface area contributed by atoms with E-state index in [1.165, 1.54) is 5.56 Å². The van der Waals surface area contributed by atoms with Crippen LogP contribution in [0.25, 0.3) is 0 Å². The maximum atomic E-state index is 5.41. The Balaban J connectivity index is 2.12. The third-order valence-corrected chi connectivity index (χ3v) is 2.16. The van der Waals surface area contributed by atoms with Crippen LogP contribution in [0.3, 0.4) is 0 Å². The number of benzene rings is 1. The molecule has 0 bridgehead atoms. The molecule has 1 aromatic rings. The molecule has 2 rings (SSSR count). The van der Waals surface area contributed by atoms with Gasteiger partial charge in [0.25, 0.3) is 0 Å². The van der Waals surface area contributed by atoms with Crippen LogP contribution >= 0.6 is 0 Å². The van der Waals surface area contributed by atoms with E-state index >= 15 is 0 Å². The van der Waals surface area contributed by atoms with E-state index in [1.54, 1.807) is 0 Å². The molecule has 3 nitrogen and oxygen atoms in total. The lowest BCUT2D eigenvalue weighted by atomic mass is 10.1. The van der Waals surface area contributed by atoms with E-state index in [9.17, 15) is 0 Å². The highest BCUT2D eigenvalue weighted by Crippen LogP contribution is 2.27. The van der Waals surface area contributed by atoms with Gasteiger partial charge >= 0.3 is 0 Å². The van der Waals surface area contributed by atoms with Crippen molar-refractivity contribution in [2.75, 3.05) is 25.0 Å². The summed E-state index contributed by atoms with van der Waals surface area (Å²) in [6.07, 6.45) is 1.02. The third-order valence-electron chi connectivity index (χ3n) is 2.16. The van der Waals surface area contributed by atoms with Gasteiger partial charge in [-0.15, -0.1) is 0 Å². The second kappa shape index (κ2) is 3.66. The zero-order valence-corrected chi connectivity index (χ0v) is 7.55. The number of nitrogens with two attached hydrogens (primary N) is 1. The van der Waals surface area contributed by atoms with E-state index in [1.807, 2.05) is 12.1 Å². The van der Waals surface area contributed by atoms with E-state index in [4.69, 9.17) is 10.5 Å². The second-order valence-electron chi connectivity index (χ2n) is 3.14. The molecule has 0 spiro atoms. The molecule has 1 aliphatic heterocycles. The van der Waals surface area contributed by atoms with Crippen LogP contribution in [0.4, 0.5) is 5.69 Å². The number of rotatable bonds is 3. The van der Waals surface area contributed by atoms with Gasteiger partial charge in [-0.25, -0.2) is 0 Å². The maximum Gasteiger partial charge on any atom is 0.122 e. The van der Waals surface area contributed by atoms with Gasteiger partial charge in [0, 0.05) is 25.2 Å². The maximum absolute atomic E-state index is 5.41. The second-order valence-corrected chi connectivity index (χ2v) is 3.14. The van der Waals surface area contributed by atoms with Crippen LogP contribution in [0.15, 0.2) is 18.2 Å². The minimum atomic E-state index is 0.660. The first kappa shape index (κ1) is 8.38. The number of ether oxygens (including phenoxy) is 1. The molecule has 3 N–H and O–H groups in total. The van der Waals surface area contributed by atoms with Gasteiger partial charge in [0.2, 0.25) is 0 Å². The van der Waals surface area contributed by atoms with E-state index < -0.39 is 0 Å². The van der Waals surface area contributed by atoms with Gasteiger partial charge in [0.15, 0.2) is 0 Å². The minimum Gasteiger partial charge on any atom is -0.493 e. The highest BCUT2D eigenvalue weighted by atomic mass is 16.5. The SMILES string of the molecule is NCCNc1ccc2c(c1)CCO2. The van der Waals surface area contributed by atoms with Crippen LogP contribution in [0.2, 0.25) is 0 Å². The number of anilines is 1. The highest BCUT2D eigenvalue weighted by Gasteiger charge is 2.11. The van der Waals surface area contributed by atoms with Crippen LogP contribution in [0, 0.1) is 0 Å². The lowest BCUT2D eigenvalue weighted by Crippen LogP contribution is -2.12. The van der Waals surface area contributed by atoms with E-state index in [0.29, 0.717) is 6.54 Å². The van der Waals surface area contributed by atoms with Crippen molar-refractivity contribution >= 4 is 5.69 Å². The number of hydrogen-bond acceptors (Lipinski definition) is 3. The summed E-state index contributed by atoms with van der Waals surface area (Å²) in [5, 5.41) is 3.24. The van der Waals surface area contributed by atoms with Gasteiger partial charge in [-0.2, -0.15) is 0 Å². The van der Waals surface area contributed by atoms with Gasteiger partial charge in [-0.3, -0.25) is 0 Å². The molecule has 0 saturated heterocycles. The molecule has 0 atom stereocenters. The summed E-state index contributed by atoms with van der Waals surface area (Å²) in [5.41, 5.74) is 7.83. The van der Waals surface area contributed by atoms with Crippen LogP contribution in [0.1, 0.15) is 5.56 Å². The van der Waals surface area contributed by atoms with Crippen molar-refractivity contribution in [2.45, 2.75) is 6.42 Å². The van der Waals surface area contributed by atoms with Gasteiger partial charge in [0.1, 0.15) is 5.75 Å². The molecule has 13 heavy (non-hydrogen) atoms. The summed E-state index contributed by atoms with van der Waals surface area (Å²) in [6, 6.07) is 6.18. The average molecular weight is 178 g/mol. The lowest BCUT2D eigenvalue weighted by Gasteiger charge is -2.05. The van der Waals surface area contributed by atoms with Crippen molar-refractivity contribution in [1.82, 2.24) is 0 Å². The fourth-order valence-electron chi connectivity index (χ4n) is 1.51. The molecule has 1 aliphatic rings. The van der Waals surface area contributed by atoms with Gasteiger partial charge in [-0.05, 0) is 23.8 Å². The molecule has 3 heteroatoms. The van der Waals surface area contributed by atoms with E-state index in [0.717, 1.165) is 31.0 Å². The Kier molecular flexibility index (Phi) is 2.36. The molecule has 70 valence electrons. The van der Waals surface area contributed by atoms with Gasteiger partial charge < -0.3 is 15.8 Å². The first-order chi connectivity index (χ1) is 6.40. The molecular weight excluding hydrogens is 164 g/mol. The van der Waals surface area contributed by atoms with Crippen LogP contribution in [0.5, 0.6) is 5.75 Å². The topological polar surface area (TPSA) is 47.3 Å². The van der Waals surface area contributed by atoms with Gasteiger partial charge in [-0.1, -0.05) is 0 Å². The molecule has 0 fully saturated rings. The fraction of sp³-hybridized carbons (Fsp3) is 0.400. The first-order valence-corrected chi connectivity index (χ1v) is 4.60. The number of hydrogen-bond donors (Lipinski definition) is 2. The molecule has 0 saturated carbocycles. The fourth-order valence-corrected chi connectivity index (χ4v) is 1.51. The van der Waals surface area contributed by atoms with Crippen molar-refractivity contribution in [1.29, 1.82) is 0 Å². The first-order valence-electron chi connectivity index (χ1n) is 4.60. The molecule has 0 radical (unpaired) electrons. The largest absolute Gasteiger partial charge is 0.493 e. The van der Waals surface area contributed by atoms with E-state index in [-0.39, 0.29) is 0 Å². The van der Waals surface area contributed by atoms with Crippen LogP contribution in [-0.2, 0) is 6.42 Å². The Hall–Kier alpha value is -1.22. The Bertz CT molecular complexity index is 299. The summed E-state index contributed by atoms with van der Waals surface area (Å²) >= 11 is 0. The molecular formula is C10H14N2O. The molecule has 0 aliphatic carbocycles. The molecule has 1 heterocycles. The quantitative estimate of drug-likeness (QED) is 0.725. The molecule has 0 amide bonds. The van der Waals surface area contributed by atoms with E-state index in [2.05, 4.69) is 11.4 Å². The smallest absolute Gasteiger partial charge is 0.122 e.